The van der Waals surface area contributed by atoms with Crippen molar-refractivity contribution >= 4 is 17.4 Å². The Labute approximate surface area is 110 Å². The Morgan fingerprint density at radius 2 is 1.67 bits per heavy atom. The van der Waals surface area contributed by atoms with Gasteiger partial charge in [0.2, 0.25) is 0 Å². The van der Waals surface area contributed by atoms with E-state index in [1.165, 1.54) is 0 Å². The first-order valence-electron chi connectivity index (χ1n) is 5.75. The van der Waals surface area contributed by atoms with Gasteiger partial charge >= 0.3 is 0 Å². The summed E-state index contributed by atoms with van der Waals surface area (Å²) in [6.07, 6.45) is -0.769. The maximum Gasteiger partial charge on any atom is 0.173 e. The summed E-state index contributed by atoms with van der Waals surface area (Å²) in [5.41, 5.74) is 2.13. The molecule has 0 aromatic heterocycles. The molecule has 0 spiro atoms. The van der Waals surface area contributed by atoms with Crippen LogP contribution in [0.5, 0.6) is 0 Å². The summed E-state index contributed by atoms with van der Waals surface area (Å²) in [4.78, 5) is 12.3. The van der Waals surface area contributed by atoms with Crippen molar-refractivity contribution in [1.29, 1.82) is 0 Å². The van der Waals surface area contributed by atoms with E-state index in [0.717, 1.165) is 5.56 Å². The molecular formula is C15H11ClO2. The number of ketones is 1. The van der Waals surface area contributed by atoms with Crippen molar-refractivity contribution in [3.05, 3.63) is 70.2 Å². The van der Waals surface area contributed by atoms with Crippen molar-refractivity contribution in [2.45, 2.75) is 12.0 Å². The number of hydrogen-bond acceptors (Lipinski definition) is 2. The Morgan fingerprint density at radius 3 is 2.33 bits per heavy atom. The molecule has 0 unspecified atom stereocenters. The predicted octanol–water partition coefficient (Wildman–Crippen LogP) is 3.35. The number of hydrogen-bond donors (Lipinski definition) is 1. The van der Waals surface area contributed by atoms with Crippen molar-refractivity contribution in [2.75, 3.05) is 0 Å². The van der Waals surface area contributed by atoms with Gasteiger partial charge in [-0.05, 0) is 23.3 Å². The van der Waals surface area contributed by atoms with Crippen LogP contribution in [-0.4, -0.2) is 10.9 Å². The molecule has 1 aliphatic rings. The third-order valence-electron chi connectivity index (χ3n) is 3.37. The highest BCUT2D eigenvalue weighted by Gasteiger charge is 2.39. The van der Waals surface area contributed by atoms with Gasteiger partial charge in [0.05, 0.1) is 12.0 Å². The van der Waals surface area contributed by atoms with Crippen molar-refractivity contribution in [3.8, 4) is 0 Å². The lowest BCUT2D eigenvalue weighted by Crippen LogP contribution is -2.11. The molecule has 0 amide bonds. The molecule has 0 heterocycles. The van der Waals surface area contributed by atoms with Crippen LogP contribution in [0, 0.1) is 0 Å². The van der Waals surface area contributed by atoms with Gasteiger partial charge in [-0.3, -0.25) is 4.79 Å². The molecule has 0 radical (unpaired) electrons. The van der Waals surface area contributed by atoms with Gasteiger partial charge in [0.15, 0.2) is 5.78 Å². The molecule has 1 aliphatic carbocycles. The second-order valence-electron chi connectivity index (χ2n) is 4.43. The van der Waals surface area contributed by atoms with E-state index in [2.05, 4.69) is 0 Å². The Kier molecular flexibility index (Phi) is 2.69. The third-order valence-corrected chi connectivity index (χ3v) is 3.62. The smallest absolute Gasteiger partial charge is 0.173 e. The van der Waals surface area contributed by atoms with Gasteiger partial charge in [-0.1, -0.05) is 48.0 Å². The van der Waals surface area contributed by atoms with Crippen LogP contribution in [0.3, 0.4) is 0 Å². The Balaban J connectivity index is 2.06. The first kappa shape index (κ1) is 11.5. The summed E-state index contributed by atoms with van der Waals surface area (Å²) in [5, 5.41) is 10.9. The number of rotatable bonds is 1. The third kappa shape index (κ3) is 1.65. The van der Waals surface area contributed by atoms with E-state index in [9.17, 15) is 9.90 Å². The molecule has 0 saturated carbocycles. The summed E-state index contributed by atoms with van der Waals surface area (Å²) < 4.78 is 0. The number of aliphatic hydroxyl groups is 1. The minimum absolute atomic E-state index is 0.0274. The maximum atomic E-state index is 12.3. The molecule has 0 aliphatic heterocycles. The standard InChI is InChI=1S/C15H11ClO2/c16-10-7-5-9(6-8-10)13-14(17)11-3-1-2-4-12(11)15(13)18/h1-8,13-14,17H/t13-,14+/m1/s1. The highest BCUT2D eigenvalue weighted by atomic mass is 35.5. The summed E-state index contributed by atoms with van der Waals surface area (Å²) in [6, 6.07) is 14.3. The molecule has 2 aromatic rings. The number of carbonyl (C=O) groups excluding carboxylic acids is 1. The molecule has 90 valence electrons. The van der Waals surface area contributed by atoms with Gasteiger partial charge in [-0.25, -0.2) is 0 Å². The Bertz CT molecular complexity index is 604. The molecule has 0 saturated heterocycles. The van der Waals surface area contributed by atoms with Crippen LogP contribution in [0.1, 0.15) is 33.5 Å². The average molecular weight is 259 g/mol. The fraction of sp³-hybridized carbons (Fsp3) is 0.133. The molecule has 3 heteroatoms. The van der Waals surface area contributed by atoms with Crippen molar-refractivity contribution in [3.63, 3.8) is 0 Å². The largest absolute Gasteiger partial charge is 0.387 e. The fourth-order valence-electron chi connectivity index (χ4n) is 2.47. The summed E-state index contributed by atoms with van der Waals surface area (Å²) in [6.45, 7) is 0. The van der Waals surface area contributed by atoms with E-state index in [4.69, 9.17) is 11.6 Å². The molecule has 18 heavy (non-hydrogen) atoms. The highest BCUT2D eigenvalue weighted by Crippen LogP contribution is 2.42. The summed E-state index contributed by atoms with van der Waals surface area (Å²) in [7, 11) is 0. The molecule has 1 N–H and O–H groups in total. The second-order valence-corrected chi connectivity index (χ2v) is 4.86. The molecule has 2 atom stereocenters. The molecule has 3 rings (SSSR count). The van der Waals surface area contributed by atoms with Gasteiger partial charge in [-0.15, -0.1) is 0 Å². The van der Waals surface area contributed by atoms with Crippen molar-refractivity contribution in [1.82, 2.24) is 0 Å². The number of Topliss-reactive ketones (excluding diaryl/α,β-unsaturated/α-hetero) is 1. The van der Waals surface area contributed by atoms with Gasteiger partial charge in [-0.2, -0.15) is 0 Å². The number of aliphatic hydroxyl groups excluding tert-OH is 1. The normalized spacial score (nSPS) is 22.0. The SMILES string of the molecule is O=C1c2ccccc2[C@H](O)[C@H]1c1ccc(Cl)cc1. The van der Waals surface area contributed by atoms with E-state index in [0.29, 0.717) is 16.1 Å². The molecule has 0 fully saturated rings. The van der Waals surface area contributed by atoms with Gasteiger partial charge in [0, 0.05) is 10.6 Å². The summed E-state index contributed by atoms with van der Waals surface area (Å²) in [5.74, 6) is -0.542. The van der Waals surface area contributed by atoms with Crippen LogP contribution in [0.15, 0.2) is 48.5 Å². The quantitative estimate of drug-likeness (QED) is 0.852. The van der Waals surface area contributed by atoms with Crippen LogP contribution in [0.2, 0.25) is 5.02 Å². The zero-order valence-corrected chi connectivity index (χ0v) is 10.3. The minimum Gasteiger partial charge on any atom is -0.387 e. The molecular weight excluding hydrogens is 248 g/mol. The van der Waals surface area contributed by atoms with Crippen molar-refractivity contribution in [2.24, 2.45) is 0 Å². The lowest BCUT2D eigenvalue weighted by molar-refractivity contribution is 0.0872. The van der Waals surface area contributed by atoms with Gasteiger partial charge < -0.3 is 5.11 Å². The Morgan fingerprint density at radius 1 is 1.00 bits per heavy atom. The van der Waals surface area contributed by atoms with Crippen molar-refractivity contribution < 1.29 is 9.90 Å². The van der Waals surface area contributed by atoms with E-state index >= 15 is 0 Å². The van der Waals surface area contributed by atoms with Crippen LogP contribution < -0.4 is 0 Å². The van der Waals surface area contributed by atoms with E-state index in [1.54, 1.807) is 36.4 Å². The summed E-state index contributed by atoms with van der Waals surface area (Å²) >= 11 is 5.83. The average Bonchev–Trinajstić information content (AvgIpc) is 2.64. The molecule has 2 aromatic carbocycles. The number of halogens is 1. The zero-order valence-electron chi connectivity index (χ0n) is 9.51. The van der Waals surface area contributed by atoms with Crippen LogP contribution >= 0.6 is 11.6 Å². The van der Waals surface area contributed by atoms with Crippen LogP contribution in [0.25, 0.3) is 0 Å². The number of fused-ring (bicyclic) bond motifs is 1. The topological polar surface area (TPSA) is 37.3 Å². The molecule has 2 nitrogen and oxygen atoms in total. The highest BCUT2D eigenvalue weighted by molar-refractivity contribution is 6.30. The predicted molar refractivity (Wildman–Crippen MR) is 69.9 cm³/mol. The van der Waals surface area contributed by atoms with E-state index in [-0.39, 0.29) is 5.78 Å². The van der Waals surface area contributed by atoms with Gasteiger partial charge in [0.25, 0.3) is 0 Å². The first-order chi connectivity index (χ1) is 8.68. The number of benzene rings is 2. The first-order valence-corrected chi connectivity index (χ1v) is 6.13. The van der Waals surface area contributed by atoms with Crippen LogP contribution in [-0.2, 0) is 0 Å². The molecule has 0 bridgehead atoms. The zero-order chi connectivity index (χ0) is 12.7. The number of carbonyl (C=O) groups is 1. The Hall–Kier alpha value is -1.64. The maximum absolute atomic E-state index is 12.3. The monoisotopic (exact) mass is 258 g/mol. The van der Waals surface area contributed by atoms with E-state index in [1.807, 2.05) is 12.1 Å². The van der Waals surface area contributed by atoms with E-state index < -0.39 is 12.0 Å². The lowest BCUT2D eigenvalue weighted by Gasteiger charge is -2.14. The van der Waals surface area contributed by atoms with Gasteiger partial charge in [0.1, 0.15) is 0 Å². The second kappa shape index (κ2) is 4.23. The fourth-order valence-corrected chi connectivity index (χ4v) is 2.60. The lowest BCUT2D eigenvalue weighted by atomic mass is 9.93. The van der Waals surface area contributed by atoms with Crippen LogP contribution in [0.4, 0.5) is 0 Å². The minimum atomic E-state index is -0.769.